The van der Waals surface area contributed by atoms with Crippen LogP contribution in [0.4, 0.5) is 4.39 Å². The van der Waals surface area contributed by atoms with Gasteiger partial charge in [0.2, 0.25) is 0 Å². The standard InChI is InChI=1S/C20H22FNO5/c1-2-11-25-15-7-9-16(10-8-15)26-12-13-27-19(23)14-22-20(24)17-5-3-4-6-18(17)21/h3-10H,2,11-14H2,1H3,(H,22,24). The smallest absolute Gasteiger partial charge is 0.325 e. The second kappa shape index (κ2) is 10.8. The fourth-order valence-electron chi connectivity index (χ4n) is 2.11. The maximum atomic E-state index is 13.5. The van der Waals surface area contributed by atoms with Gasteiger partial charge in [-0.15, -0.1) is 0 Å². The average Bonchev–Trinajstić information content (AvgIpc) is 2.69. The van der Waals surface area contributed by atoms with Crippen molar-refractivity contribution in [3.05, 3.63) is 59.9 Å². The summed E-state index contributed by atoms with van der Waals surface area (Å²) in [5.74, 6) is -0.565. The second-order valence-electron chi connectivity index (χ2n) is 5.55. The van der Waals surface area contributed by atoms with Crippen LogP contribution >= 0.6 is 0 Å². The van der Waals surface area contributed by atoms with E-state index in [2.05, 4.69) is 5.32 Å². The topological polar surface area (TPSA) is 73.9 Å². The van der Waals surface area contributed by atoms with Gasteiger partial charge in [-0.05, 0) is 42.8 Å². The molecule has 2 rings (SSSR count). The van der Waals surface area contributed by atoms with E-state index >= 15 is 0 Å². The molecule has 0 aromatic heterocycles. The van der Waals surface area contributed by atoms with Crippen molar-refractivity contribution in [1.29, 1.82) is 0 Å². The number of rotatable bonds is 10. The maximum Gasteiger partial charge on any atom is 0.325 e. The first-order valence-electron chi connectivity index (χ1n) is 8.64. The minimum absolute atomic E-state index is 0.0302. The number of carbonyl (C=O) groups excluding carboxylic acids is 2. The molecule has 0 fully saturated rings. The minimum atomic E-state index is -0.674. The Labute approximate surface area is 157 Å². The quantitative estimate of drug-likeness (QED) is 0.511. The van der Waals surface area contributed by atoms with E-state index in [4.69, 9.17) is 14.2 Å². The van der Waals surface area contributed by atoms with Crippen LogP contribution in [-0.2, 0) is 9.53 Å². The van der Waals surface area contributed by atoms with Crippen LogP contribution in [0, 0.1) is 5.82 Å². The summed E-state index contributed by atoms with van der Waals surface area (Å²) in [5.41, 5.74) is -0.125. The summed E-state index contributed by atoms with van der Waals surface area (Å²) in [6.45, 7) is 2.54. The molecule has 2 aromatic carbocycles. The van der Waals surface area contributed by atoms with Gasteiger partial charge in [-0.25, -0.2) is 4.39 Å². The van der Waals surface area contributed by atoms with E-state index in [-0.39, 0.29) is 25.3 Å². The Morgan fingerprint density at radius 1 is 0.926 bits per heavy atom. The van der Waals surface area contributed by atoms with Crippen molar-refractivity contribution in [3.8, 4) is 11.5 Å². The number of amides is 1. The molecule has 1 N–H and O–H groups in total. The van der Waals surface area contributed by atoms with Crippen molar-refractivity contribution in [3.63, 3.8) is 0 Å². The summed E-state index contributed by atoms with van der Waals surface area (Å²) in [6, 6.07) is 12.7. The van der Waals surface area contributed by atoms with Gasteiger partial charge >= 0.3 is 5.97 Å². The summed E-state index contributed by atoms with van der Waals surface area (Å²) in [4.78, 5) is 23.4. The van der Waals surface area contributed by atoms with E-state index in [1.807, 2.05) is 6.92 Å². The van der Waals surface area contributed by atoms with Crippen LogP contribution in [-0.4, -0.2) is 38.2 Å². The monoisotopic (exact) mass is 375 g/mol. The largest absolute Gasteiger partial charge is 0.494 e. The van der Waals surface area contributed by atoms with E-state index < -0.39 is 17.7 Å². The molecule has 0 bridgehead atoms. The Morgan fingerprint density at radius 3 is 2.19 bits per heavy atom. The molecule has 144 valence electrons. The lowest BCUT2D eigenvalue weighted by Crippen LogP contribution is -2.31. The molecule has 1 amide bonds. The van der Waals surface area contributed by atoms with Crippen molar-refractivity contribution in [2.75, 3.05) is 26.4 Å². The van der Waals surface area contributed by atoms with Gasteiger partial charge in [0.05, 0.1) is 12.2 Å². The minimum Gasteiger partial charge on any atom is -0.494 e. The van der Waals surface area contributed by atoms with E-state index in [0.29, 0.717) is 12.4 Å². The molecule has 0 saturated heterocycles. The van der Waals surface area contributed by atoms with Crippen molar-refractivity contribution < 1.29 is 28.2 Å². The zero-order valence-electron chi connectivity index (χ0n) is 15.1. The van der Waals surface area contributed by atoms with Gasteiger partial charge in [0, 0.05) is 0 Å². The highest BCUT2D eigenvalue weighted by Gasteiger charge is 2.12. The van der Waals surface area contributed by atoms with Gasteiger partial charge in [-0.1, -0.05) is 19.1 Å². The normalized spacial score (nSPS) is 10.1. The molecule has 0 saturated carbocycles. The number of hydrogen-bond donors (Lipinski definition) is 1. The van der Waals surface area contributed by atoms with Gasteiger partial charge in [0.25, 0.3) is 5.91 Å². The Morgan fingerprint density at radius 2 is 1.56 bits per heavy atom. The molecule has 0 spiro atoms. The molecule has 0 radical (unpaired) electrons. The molecule has 0 aliphatic carbocycles. The molecule has 7 heteroatoms. The lowest BCUT2D eigenvalue weighted by atomic mass is 10.2. The predicted molar refractivity (Wildman–Crippen MR) is 97.4 cm³/mol. The summed E-state index contributed by atoms with van der Waals surface area (Å²) >= 11 is 0. The van der Waals surface area contributed by atoms with E-state index in [0.717, 1.165) is 12.2 Å². The van der Waals surface area contributed by atoms with Crippen molar-refractivity contribution >= 4 is 11.9 Å². The Balaban J connectivity index is 1.63. The maximum absolute atomic E-state index is 13.5. The predicted octanol–water partition coefficient (Wildman–Crippen LogP) is 2.97. The van der Waals surface area contributed by atoms with Crippen LogP contribution < -0.4 is 14.8 Å². The molecule has 2 aromatic rings. The van der Waals surface area contributed by atoms with Crippen LogP contribution in [0.5, 0.6) is 11.5 Å². The highest BCUT2D eigenvalue weighted by atomic mass is 19.1. The summed E-state index contributed by atoms with van der Waals surface area (Å²) < 4.78 is 29.3. The molecular weight excluding hydrogens is 353 g/mol. The summed E-state index contributed by atoms with van der Waals surface area (Å²) in [7, 11) is 0. The van der Waals surface area contributed by atoms with Crippen molar-refractivity contribution in [2.45, 2.75) is 13.3 Å². The van der Waals surface area contributed by atoms with Crippen LogP contribution in [0.1, 0.15) is 23.7 Å². The number of carbonyl (C=O) groups is 2. The third kappa shape index (κ3) is 6.97. The molecular formula is C20H22FNO5. The number of benzene rings is 2. The molecule has 0 aliphatic rings. The average molecular weight is 375 g/mol. The van der Waals surface area contributed by atoms with Gasteiger partial charge in [0.15, 0.2) is 0 Å². The highest BCUT2D eigenvalue weighted by Crippen LogP contribution is 2.17. The lowest BCUT2D eigenvalue weighted by molar-refractivity contribution is -0.143. The van der Waals surface area contributed by atoms with Gasteiger partial charge in [0.1, 0.15) is 37.1 Å². The SMILES string of the molecule is CCCOc1ccc(OCCOC(=O)CNC(=O)c2ccccc2F)cc1. The van der Waals surface area contributed by atoms with E-state index in [1.165, 1.54) is 24.3 Å². The van der Waals surface area contributed by atoms with E-state index in [1.54, 1.807) is 24.3 Å². The van der Waals surface area contributed by atoms with E-state index in [9.17, 15) is 14.0 Å². The second-order valence-corrected chi connectivity index (χ2v) is 5.55. The zero-order valence-corrected chi connectivity index (χ0v) is 15.1. The third-order valence-electron chi connectivity index (χ3n) is 3.42. The fraction of sp³-hybridized carbons (Fsp3) is 0.300. The molecule has 27 heavy (non-hydrogen) atoms. The lowest BCUT2D eigenvalue weighted by Gasteiger charge is -2.09. The number of esters is 1. The Kier molecular flexibility index (Phi) is 8.09. The Hall–Kier alpha value is -3.09. The first kappa shape index (κ1) is 20.2. The first-order chi connectivity index (χ1) is 13.1. The Bertz CT molecular complexity index is 748. The molecule has 6 nitrogen and oxygen atoms in total. The first-order valence-corrected chi connectivity index (χ1v) is 8.64. The van der Waals surface area contributed by atoms with Crippen LogP contribution in [0.15, 0.2) is 48.5 Å². The molecule has 0 aliphatic heterocycles. The van der Waals surface area contributed by atoms with Crippen LogP contribution in [0.25, 0.3) is 0 Å². The molecule has 0 atom stereocenters. The summed E-state index contributed by atoms with van der Waals surface area (Å²) in [6.07, 6.45) is 0.935. The number of nitrogens with one attached hydrogen (secondary N) is 1. The zero-order chi connectivity index (χ0) is 19.5. The van der Waals surface area contributed by atoms with Gasteiger partial charge in [-0.3, -0.25) is 9.59 Å². The van der Waals surface area contributed by atoms with Crippen molar-refractivity contribution in [1.82, 2.24) is 5.32 Å². The van der Waals surface area contributed by atoms with Gasteiger partial charge in [-0.2, -0.15) is 0 Å². The molecule has 0 unspecified atom stereocenters. The third-order valence-corrected chi connectivity index (χ3v) is 3.42. The number of hydrogen-bond acceptors (Lipinski definition) is 5. The summed E-state index contributed by atoms with van der Waals surface area (Å²) in [5, 5.41) is 2.31. The number of halogens is 1. The van der Waals surface area contributed by atoms with Crippen molar-refractivity contribution in [2.24, 2.45) is 0 Å². The van der Waals surface area contributed by atoms with Crippen LogP contribution in [0.2, 0.25) is 0 Å². The van der Waals surface area contributed by atoms with Crippen LogP contribution in [0.3, 0.4) is 0 Å². The fourth-order valence-corrected chi connectivity index (χ4v) is 2.11. The molecule has 0 heterocycles. The number of ether oxygens (including phenoxy) is 3. The highest BCUT2D eigenvalue weighted by molar-refractivity contribution is 5.96. The van der Waals surface area contributed by atoms with Gasteiger partial charge < -0.3 is 19.5 Å².